The molecule has 0 radical (unpaired) electrons. The first-order valence-electron chi connectivity index (χ1n) is 10.7. The van der Waals surface area contributed by atoms with E-state index in [0.717, 1.165) is 39.9 Å². The monoisotopic (exact) mass is 440 g/mol. The van der Waals surface area contributed by atoms with E-state index >= 15 is 0 Å². The van der Waals surface area contributed by atoms with Crippen molar-refractivity contribution in [1.82, 2.24) is 0 Å². The summed E-state index contributed by atoms with van der Waals surface area (Å²) in [5.74, 6) is 2.94. The summed E-state index contributed by atoms with van der Waals surface area (Å²) >= 11 is 0. The highest BCUT2D eigenvalue weighted by molar-refractivity contribution is 5.67. The van der Waals surface area contributed by atoms with Crippen LogP contribution in [0, 0.1) is 0 Å². The summed E-state index contributed by atoms with van der Waals surface area (Å²) < 4.78 is 17.5. The molecular weight excluding hydrogens is 416 g/mol. The molecule has 4 aromatic rings. The fraction of sp³-hybridized carbons (Fsp3) is 0.107. The van der Waals surface area contributed by atoms with E-state index in [4.69, 9.17) is 19.3 Å². The van der Waals surface area contributed by atoms with Gasteiger partial charge < -0.3 is 19.3 Å². The second-order valence-electron chi connectivity index (χ2n) is 7.46. The summed E-state index contributed by atoms with van der Waals surface area (Å²) in [7, 11) is 0. The van der Waals surface area contributed by atoms with Gasteiger partial charge in [-0.3, -0.25) is 4.79 Å². The third kappa shape index (κ3) is 6.87. The lowest BCUT2D eigenvalue weighted by atomic mass is 10.1. The van der Waals surface area contributed by atoms with E-state index in [1.165, 1.54) is 0 Å². The van der Waals surface area contributed by atoms with Crippen molar-refractivity contribution in [1.29, 1.82) is 0 Å². The predicted molar refractivity (Wildman–Crippen MR) is 126 cm³/mol. The molecular formula is C28H24O5. The Bertz CT molecular complexity index is 1150. The van der Waals surface area contributed by atoms with Crippen LogP contribution in [-0.4, -0.2) is 11.1 Å². The van der Waals surface area contributed by atoms with Crippen molar-refractivity contribution in [2.75, 3.05) is 0 Å². The molecule has 0 aromatic heterocycles. The minimum atomic E-state index is -0.795. The first kappa shape index (κ1) is 22.0. The maximum absolute atomic E-state index is 10.7. The number of para-hydroxylation sites is 1. The molecule has 0 saturated heterocycles. The number of hydrogen-bond donors (Lipinski definition) is 1. The zero-order valence-electron chi connectivity index (χ0n) is 18.0. The Balaban J connectivity index is 1.26. The quantitative estimate of drug-likeness (QED) is 0.292. The molecule has 0 bridgehead atoms. The number of aryl methyl sites for hydroxylation is 1. The summed E-state index contributed by atoms with van der Waals surface area (Å²) in [6, 6.07) is 32.4. The lowest BCUT2D eigenvalue weighted by Gasteiger charge is -2.10. The molecule has 0 aliphatic heterocycles. The summed E-state index contributed by atoms with van der Waals surface area (Å²) in [5.41, 5.74) is 2.00. The number of ether oxygens (including phenoxy) is 3. The minimum Gasteiger partial charge on any atom is -0.489 e. The molecule has 0 atom stereocenters. The van der Waals surface area contributed by atoms with Crippen molar-refractivity contribution < 1.29 is 24.1 Å². The minimum absolute atomic E-state index is 0.125. The lowest BCUT2D eigenvalue weighted by molar-refractivity contribution is -0.136. The van der Waals surface area contributed by atoms with Crippen molar-refractivity contribution in [2.24, 2.45) is 0 Å². The average Bonchev–Trinajstić information content (AvgIpc) is 2.85. The predicted octanol–water partition coefficient (Wildman–Crippen LogP) is 6.87. The van der Waals surface area contributed by atoms with Gasteiger partial charge in [0.05, 0.1) is 0 Å². The van der Waals surface area contributed by atoms with Gasteiger partial charge in [-0.25, -0.2) is 0 Å². The Morgan fingerprint density at radius 2 is 1.03 bits per heavy atom. The highest BCUT2D eigenvalue weighted by Gasteiger charge is 2.03. The van der Waals surface area contributed by atoms with Gasteiger partial charge in [-0.05, 0) is 78.2 Å². The molecule has 33 heavy (non-hydrogen) atoms. The molecule has 166 valence electrons. The van der Waals surface area contributed by atoms with Crippen LogP contribution in [-0.2, 0) is 17.8 Å². The Kier molecular flexibility index (Phi) is 7.23. The molecule has 4 rings (SSSR count). The summed E-state index contributed by atoms with van der Waals surface area (Å²) in [5, 5.41) is 8.76. The molecule has 0 unspecified atom stereocenters. The standard InChI is InChI=1S/C28H24O5/c29-28(30)19-10-21-6-11-23(12-7-21)31-20-22-8-13-25(14-9-22)33-27-17-15-26(16-18-27)32-24-4-2-1-3-5-24/h1-9,11-18H,10,19-20H2,(H,29,30). The number of benzene rings is 4. The molecule has 5 nitrogen and oxygen atoms in total. The number of carbonyl (C=O) groups is 1. The molecule has 0 fully saturated rings. The summed E-state index contributed by atoms with van der Waals surface area (Å²) in [6.07, 6.45) is 0.639. The van der Waals surface area contributed by atoms with Crippen LogP contribution in [0.15, 0.2) is 103 Å². The Labute approximate surface area is 192 Å². The van der Waals surface area contributed by atoms with Crippen LogP contribution in [0.3, 0.4) is 0 Å². The van der Waals surface area contributed by atoms with Gasteiger partial charge in [0.15, 0.2) is 0 Å². The van der Waals surface area contributed by atoms with Crippen LogP contribution in [0.2, 0.25) is 0 Å². The smallest absolute Gasteiger partial charge is 0.303 e. The Morgan fingerprint density at radius 1 is 0.576 bits per heavy atom. The van der Waals surface area contributed by atoms with E-state index in [0.29, 0.717) is 13.0 Å². The molecule has 0 spiro atoms. The highest BCUT2D eigenvalue weighted by atomic mass is 16.5. The maximum atomic E-state index is 10.7. The number of hydrogen-bond acceptors (Lipinski definition) is 4. The van der Waals surface area contributed by atoms with Crippen LogP contribution in [0.1, 0.15) is 17.5 Å². The SMILES string of the molecule is O=C(O)CCc1ccc(OCc2ccc(Oc3ccc(Oc4ccccc4)cc3)cc2)cc1. The van der Waals surface area contributed by atoms with Gasteiger partial charge in [0.25, 0.3) is 0 Å². The Hall–Kier alpha value is -4.25. The molecule has 4 aromatic carbocycles. The average molecular weight is 440 g/mol. The van der Waals surface area contributed by atoms with E-state index in [2.05, 4.69) is 0 Å². The van der Waals surface area contributed by atoms with E-state index in [1.54, 1.807) is 0 Å². The topological polar surface area (TPSA) is 65.0 Å². The van der Waals surface area contributed by atoms with Crippen LogP contribution in [0.4, 0.5) is 0 Å². The van der Waals surface area contributed by atoms with Gasteiger partial charge in [0.2, 0.25) is 0 Å². The summed E-state index contributed by atoms with van der Waals surface area (Å²) in [4.78, 5) is 10.7. The van der Waals surface area contributed by atoms with Crippen molar-refractivity contribution >= 4 is 5.97 Å². The van der Waals surface area contributed by atoms with Crippen molar-refractivity contribution in [3.63, 3.8) is 0 Å². The number of aliphatic carboxylic acids is 1. The van der Waals surface area contributed by atoms with Crippen LogP contribution < -0.4 is 14.2 Å². The van der Waals surface area contributed by atoms with Crippen molar-refractivity contribution in [3.05, 3.63) is 114 Å². The van der Waals surface area contributed by atoms with Gasteiger partial charge in [0, 0.05) is 6.42 Å². The molecule has 0 saturated carbocycles. The second-order valence-corrected chi connectivity index (χ2v) is 7.46. The first-order valence-corrected chi connectivity index (χ1v) is 10.7. The van der Waals surface area contributed by atoms with Crippen LogP contribution in [0.5, 0.6) is 28.7 Å². The van der Waals surface area contributed by atoms with Crippen molar-refractivity contribution in [3.8, 4) is 28.7 Å². The highest BCUT2D eigenvalue weighted by Crippen LogP contribution is 2.27. The molecule has 0 heterocycles. The zero-order valence-corrected chi connectivity index (χ0v) is 18.0. The van der Waals surface area contributed by atoms with Crippen molar-refractivity contribution in [2.45, 2.75) is 19.4 Å². The normalized spacial score (nSPS) is 10.4. The van der Waals surface area contributed by atoms with Crippen LogP contribution >= 0.6 is 0 Å². The Morgan fingerprint density at radius 3 is 1.58 bits per heavy atom. The third-order valence-electron chi connectivity index (χ3n) is 4.92. The number of rotatable bonds is 10. The number of carboxylic acid groups (broad SMARTS) is 1. The van der Waals surface area contributed by atoms with Gasteiger partial charge in [-0.2, -0.15) is 0 Å². The number of carboxylic acids is 1. The van der Waals surface area contributed by atoms with E-state index in [-0.39, 0.29) is 6.42 Å². The van der Waals surface area contributed by atoms with E-state index in [9.17, 15) is 4.79 Å². The van der Waals surface area contributed by atoms with Gasteiger partial charge >= 0.3 is 5.97 Å². The van der Waals surface area contributed by atoms with Gasteiger partial charge in [0.1, 0.15) is 35.4 Å². The molecule has 1 N–H and O–H groups in total. The summed E-state index contributed by atoms with van der Waals surface area (Å²) in [6.45, 7) is 0.431. The fourth-order valence-corrected chi connectivity index (χ4v) is 3.16. The lowest BCUT2D eigenvalue weighted by Crippen LogP contribution is -1.98. The van der Waals surface area contributed by atoms with Crippen LogP contribution in [0.25, 0.3) is 0 Å². The molecule has 5 heteroatoms. The fourth-order valence-electron chi connectivity index (χ4n) is 3.16. The first-order chi connectivity index (χ1) is 16.1. The molecule has 0 amide bonds. The zero-order chi connectivity index (χ0) is 22.9. The maximum Gasteiger partial charge on any atom is 0.303 e. The largest absolute Gasteiger partial charge is 0.489 e. The second kappa shape index (κ2) is 10.9. The molecule has 0 aliphatic carbocycles. The van der Waals surface area contributed by atoms with Gasteiger partial charge in [-0.1, -0.05) is 42.5 Å². The van der Waals surface area contributed by atoms with E-state index < -0.39 is 5.97 Å². The van der Waals surface area contributed by atoms with E-state index in [1.807, 2.05) is 103 Å². The van der Waals surface area contributed by atoms with Gasteiger partial charge in [-0.15, -0.1) is 0 Å². The molecule has 0 aliphatic rings. The third-order valence-corrected chi connectivity index (χ3v) is 4.92.